The maximum absolute atomic E-state index is 11.5. The van der Waals surface area contributed by atoms with Gasteiger partial charge in [-0.2, -0.15) is 0 Å². The van der Waals surface area contributed by atoms with Crippen molar-refractivity contribution >= 4 is 0 Å². The Balaban J connectivity index is 1.87. The number of nitrogens with one attached hydrogen (secondary N) is 1. The van der Waals surface area contributed by atoms with Crippen LogP contribution in [0.3, 0.4) is 0 Å². The Kier molecular flexibility index (Phi) is 2.07. The van der Waals surface area contributed by atoms with Crippen LogP contribution in [0.4, 0.5) is 0 Å². The zero-order valence-electron chi connectivity index (χ0n) is 11.7. The molecule has 1 spiro atoms. The summed E-state index contributed by atoms with van der Waals surface area (Å²) in [5.74, 6) is 0.598. The highest BCUT2D eigenvalue weighted by Crippen LogP contribution is 2.64. The van der Waals surface area contributed by atoms with E-state index in [0.717, 1.165) is 30.5 Å². The third-order valence-electron chi connectivity index (χ3n) is 6.25. The van der Waals surface area contributed by atoms with E-state index in [4.69, 9.17) is 4.74 Å². The van der Waals surface area contributed by atoms with Gasteiger partial charge in [0.15, 0.2) is 11.5 Å². The molecule has 2 fully saturated rings. The minimum absolute atomic E-state index is 0.00663. The van der Waals surface area contributed by atoms with E-state index in [0.29, 0.717) is 18.6 Å². The highest BCUT2D eigenvalue weighted by atomic mass is 16.5. The van der Waals surface area contributed by atoms with Gasteiger partial charge in [0.25, 0.3) is 0 Å². The number of hydrogen-bond acceptors (Lipinski definition) is 5. The lowest BCUT2D eigenvalue weighted by molar-refractivity contribution is -0.179. The standard InChI is InChI=1S/C16H19NO4/c18-9-2-1-8-7-11-16(20)4-3-10(19)14-15(16,5-6-17-11)12(8)13(9)21-14/h1-2,10-11,14,17-20H,3-7H2/t10-,11-,14+,15+,16-/m1/s1. The van der Waals surface area contributed by atoms with Gasteiger partial charge in [0.2, 0.25) is 0 Å². The van der Waals surface area contributed by atoms with Crippen LogP contribution in [0.1, 0.15) is 30.4 Å². The summed E-state index contributed by atoms with van der Waals surface area (Å²) in [7, 11) is 0. The number of hydrogen-bond donors (Lipinski definition) is 4. The second-order valence-electron chi connectivity index (χ2n) is 6.95. The molecule has 2 heterocycles. The molecule has 0 aromatic heterocycles. The first kappa shape index (κ1) is 12.3. The number of benzene rings is 1. The summed E-state index contributed by atoms with van der Waals surface area (Å²) < 4.78 is 6.00. The molecule has 0 radical (unpaired) electrons. The molecule has 2 bridgehead atoms. The van der Waals surface area contributed by atoms with Gasteiger partial charge < -0.3 is 25.4 Å². The molecule has 1 saturated carbocycles. The summed E-state index contributed by atoms with van der Waals surface area (Å²) in [5, 5.41) is 35.6. The molecule has 5 heteroatoms. The Morgan fingerprint density at radius 2 is 2.14 bits per heavy atom. The van der Waals surface area contributed by atoms with Gasteiger partial charge in [-0.25, -0.2) is 0 Å². The van der Waals surface area contributed by atoms with Crippen LogP contribution in [0.2, 0.25) is 0 Å². The molecule has 5 nitrogen and oxygen atoms in total. The van der Waals surface area contributed by atoms with E-state index in [1.54, 1.807) is 6.07 Å². The molecule has 5 rings (SSSR count). The lowest BCUT2D eigenvalue weighted by Gasteiger charge is -2.61. The first-order chi connectivity index (χ1) is 10.1. The first-order valence-corrected chi connectivity index (χ1v) is 7.74. The topological polar surface area (TPSA) is 82.0 Å². The fourth-order valence-corrected chi connectivity index (χ4v) is 5.42. The van der Waals surface area contributed by atoms with Crippen molar-refractivity contribution in [3.05, 3.63) is 23.3 Å². The Hall–Kier alpha value is -1.30. The average Bonchev–Trinajstić information content (AvgIpc) is 2.80. The van der Waals surface area contributed by atoms with E-state index in [2.05, 4.69) is 5.32 Å². The molecule has 21 heavy (non-hydrogen) atoms. The van der Waals surface area contributed by atoms with Gasteiger partial charge in [0.1, 0.15) is 6.10 Å². The van der Waals surface area contributed by atoms with E-state index in [1.165, 1.54) is 0 Å². The molecule has 2 aliphatic carbocycles. The fraction of sp³-hybridized carbons (Fsp3) is 0.625. The molecule has 1 aromatic rings. The second kappa shape index (κ2) is 3.54. The van der Waals surface area contributed by atoms with Crippen LogP contribution in [0, 0.1) is 0 Å². The second-order valence-corrected chi connectivity index (χ2v) is 6.95. The van der Waals surface area contributed by atoms with Crippen molar-refractivity contribution in [3.63, 3.8) is 0 Å². The van der Waals surface area contributed by atoms with Crippen molar-refractivity contribution in [3.8, 4) is 11.5 Å². The Labute approximate surface area is 122 Å². The lowest BCUT2D eigenvalue weighted by atomic mass is 9.49. The van der Waals surface area contributed by atoms with E-state index in [9.17, 15) is 15.3 Å². The Morgan fingerprint density at radius 1 is 1.29 bits per heavy atom. The van der Waals surface area contributed by atoms with Gasteiger partial charge >= 0.3 is 0 Å². The van der Waals surface area contributed by atoms with Gasteiger partial charge in [-0.1, -0.05) is 6.07 Å². The van der Waals surface area contributed by atoms with Gasteiger partial charge in [-0.15, -0.1) is 0 Å². The highest BCUT2D eigenvalue weighted by Gasteiger charge is 2.71. The summed E-state index contributed by atoms with van der Waals surface area (Å²) in [6, 6.07) is 3.59. The van der Waals surface area contributed by atoms with Crippen LogP contribution in [0.25, 0.3) is 0 Å². The zero-order valence-corrected chi connectivity index (χ0v) is 11.7. The van der Waals surface area contributed by atoms with Crippen molar-refractivity contribution in [2.45, 2.75) is 54.9 Å². The SMILES string of the molecule is Oc1ccc2c3c1O[C@H]1[C@H](O)CC[C@@]4(O)[C@@H](C2)NCC[C@]314. The molecule has 2 aliphatic heterocycles. The zero-order chi connectivity index (χ0) is 14.4. The maximum atomic E-state index is 11.5. The van der Waals surface area contributed by atoms with Gasteiger partial charge in [0, 0.05) is 11.6 Å². The van der Waals surface area contributed by atoms with Gasteiger partial charge in [0.05, 0.1) is 17.1 Å². The molecule has 0 unspecified atom stereocenters. The molecular weight excluding hydrogens is 270 g/mol. The van der Waals surface area contributed by atoms with Crippen LogP contribution in [-0.4, -0.2) is 45.7 Å². The van der Waals surface area contributed by atoms with Crippen LogP contribution >= 0.6 is 0 Å². The molecule has 4 aliphatic rings. The summed E-state index contributed by atoms with van der Waals surface area (Å²) in [4.78, 5) is 0. The van der Waals surface area contributed by atoms with Crippen LogP contribution in [0.15, 0.2) is 12.1 Å². The van der Waals surface area contributed by atoms with E-state index in [1.807, 2.05) is 6.07 Å². The predicted molar refractivity (Wildman–Crippen MR) is 74.5 cm³/mol. The number of aromatic hydroxyl groups is 1. The molecule has 1 aromatic carbocycles. The lowest BCUT2D eigenvalue weighted by Crippen LogP contribution is -2.76. The van der Waals surface area contributed by atoms with Gasteiger partial charge in [-0.05, 0) is 43.9 Å². The summed E-state index contributed by atoms with van der Waals surface area (Å²) in [5.41, 5.74) is 0.594. The Morgan fingerprint density at radius 3 is 3.00 bits per heavy atom. The largest absolute Gasteiger partial charge is 0.504 e. The number of ether oxygens (including phenoxy) is 1. The first-order valence-electron chi connectivity index (χ1n) is 7.74. The minimum atomic E-state index is -0.902. The quantitative estimate of drug-likeness (QED) is 0.548. The molecule has 4 N–H and O–H groups in total. The van der Waals surface area contributed by atoms with Crippen LogP contribution < -0.4 is 10.1 Å². The number of rotatable bonds is 0. The average molecular weight is 289 g/mol. The monoisotopic (exact) mass is 289 g/mol. The number of piperidine rings is 1. The van der Waals surface area contributed by atoms with Crippen molar-refractivity contribution in [2.75, 3.05) is 6.54 Å². The maximum Gasteiger partial charge on any atom is 0.165 e. The molecule has 0 amide bonds. The predicted octanol–water partition coefficient (Wildman–Crippen LogP) is 0.195. The van der Waals surface area contributed by atoms with Crippen LogP contribution in [0.5, 0.6) is 11.5 Å². The summed E-state index contributed by atoms with van der Waals surface area (Å²) in [6.07, 6.45) is 1.52. The van der Waals surface area contributed by atoms with Crippen LogP contribution in [-0.2, 0) is 11.8 Å². The van der Waals surface area contributed by atoms with E-state index in [-0.39, 0.29) is 11.8 Å². The van der Waals surface area contributed by atoms with Crippen molar-refractivity contribution in [1.82, 2.24) is 5.32 Å². The minimum Gasteiger partial charge on any atom is -0.504 e. The smallest absolute Gasteiger partial charge is 0.165 e. The third kappa shape index (κ3) is 1.14. The number of phenols is 1. The number of aliphatic hydroxyl groups excluding tert-OH is 1. The Bertz CT molecular complexity index is 647. The highest BCUT2D eigenvalue weighted by molar-refractivity contribution is 5.62. The molecular formula is C16H19NO4. The summed E-state index contributed by atoms with van der Waals surface area (Å²) >= 11 is 0. The van der Waals surface area contributed by atoms with Gasteiger partial charge in [-0.3, -0.25) is 0 Å². The normalized spacial score (nSPS) is 45.9. The van der Waals surface area contributed by atoms with Crippen molar-refractivity contribution in [1.29, 1.82) is 0 Å². The number of aliphatic hydroxyl groups is 2. The fourth-order valence-electron chi connectivity index (χ4n) is 5.42. The third-order valence-corrected chi connectivity index (χ3v) is 6.25. The number of phenolic OH excluding ortho intramolecular Hbond substituents is 1. The van der Waals surface area contributed by atoms with Crippen molar-refractivity contribution in [2.24, 2.45) is 0 Å². The summed E-state index contributed by atoms with van der Waals surface area (Å²) in [6.45, 7) is 0.800. The molecule has 1 saturated heterocycles. The van der Waals surface area contributed by atoms with E-state index >= 15 is 0 Å². The van der Waals surface area contributed by atoms with E-state index < -0.39 is 23.2 Å². The van der Waals surface area contributed by atoms with Crippen molar-refractivity contribution < 1.29 is 20.1 Å². The molecule has 5 atom stereocenters. The molecule has 112 valence electrons.